The number of amides is 1. The van der Waals surface area contributed by atoms with Crippen LogP contribution in [0.25, 0.3) is 22.5 Å². The second kappa shape index (κ2) is 6.81. The largest absolute Gasteiger partial charge is 0.458 e. The number of nitrogens with one attached hydrogen (secondary N) is 1. The Hall–Kier alpha value is -3.45. The summed E-state index contributed by atoms with van der Waals surface area (Å²) in [6, 6.07) is 0.710. The van der Waals surface area contributed by atoms with E-state index in [1.54, 1.807) is 5.10 Å². The Labute approximate surface area is 160 Å². The van der Waals surface area contributed by atoms with E-state index in [2.05, 4.69) is 14.5 Å². The van der Waals surface area contributed by atoms with Crippen LogP contribution in [0.1, 0.15) is 21.5 Å². The van der Waals surface area contributed by atoms with Crippen LogP contribution in [0.3, 0.4) is 0 Å². The number of H-pyrrole nitrogens is 1. The number of carbonyl (C=O) groups is 1. The first-order valence-electron chi connectivity index (χ1n) is 7.68. The Morgan fingerprint density at radius 2 is 1.67 bits per heavy atom. The van der Waals surface area contributed by atoms with E-state index in [1.165, 1.54) is 0 Å². The van der Waals surface area contributed by atoms with Gasteiger partial charge < -0.3 is 10.2 Å². The molecule has 0 aliphatic heterocycles. The van der Waals surface area contributed by atoms with Crippen molar-refractivity contribution in [3.05, 3.63) is 47.7 Å². The molecule has 0 aliphatic carbocycles. The Morgan fingerprint density at radius 1 is 1.00 bits per heavy atom. The van der Waals surface area contributed by atoms with E-state index >= 15 is 0 Å². The summed E-state index contributed by atoms with van der Waals surface area (Å²) in [6.45, 7) is 0. The molecule has 0 aliphatic rings. The van der Waals surface area contributed by atoms with E-state index in [1.807, 2.05) is 0 Å². The summed E-state index contributed by atoms with van der Waals surface area (Å²) in [5.41, 5.74) is -2.86. The lowest BCUT2D eigenvalue weighted by atomic mass is 9.87. The first kappa shape index (κ1) is 21.3. The van der Waals surface area contributed by atoms with Crippen LogP contribution in [0.2, 0.25) is 0 Å². The molecule has 2 aromatic heterocycles. The molecule has 0 fully saturated rings. The Bertz CT molecular complexity index is 1080. The van der Waals surface area contributed by atoms with Gasteiger partial charge in [0.1, 0.15) is 17.5 Å². The van der Waals surface area contributed by atoms with Crippen molar-refractivity contribution in [1.29, 1.82) is 0 Å². The molecule has 160 valence electrons. The van der Waals surface area contributed by atoms with Crippen LogP contribution in [-0.4, -0.2) is 27.3 Å². The Morgan fingerprint density at radius 3 is 2.17 bits per heavy atom. The van der Waals surface area contributed by atoms with Gasteiger partial charge in [0.25, 0.3) is 0 Å². The Kier molecular flexibility index (Phi) is 4.83. The van der Waals surface area contributed by atoms with Gasteiger partial charge in [-0.2, -0.15) is 40.2 Å². The highest BCUT2D eigenvalue weighted by Crippen LogP contribution is 2.51. The van der Waals surface area contributed by atoms with Gasteiger partial charge in [0.15, 0.2) is 6.39 Å². The second-order valence-corrected chi connectivity index (χ2v) is 5.88. The van der Waals surface area contributed by atoms with Gasteiger partial charge >= 0.3 is 18.3 Å². The van der Waals surface area contributed by atoms with Crippen molar-refractivity contribution in [3.63, 3.8) is 0 Å². The molecule has 0 spiro atoms. The van der Waals surface area contributed by atoms with Gasteiger partial charge in [0.2, 0.25) is 5.91 Å². The third-order valence-electron chi connectivity index (χ3n) is 4.05. The maximum atomic E-state index is 14.3. The van der Waals surface area contributed by atoms with E-state index in [9.17, 15) is 39.9 Å². The summed E-state index contributed by atoms with van der Waals surface area (Å²) in [4.78, 5) is 15.3. The van der Waals surface area contributed by atoms with Crippen molar-refractivity contribution < 1.29 is 44.3 Å². The van der Waals surface area contributed by atoms with Crippen molar-refractivity contribution >= 4 is 5.91 Å². The number of halogens is 8. The monoisotopic (exact) mass is 440 g/mol. The average molecular weight is 440 g/mol. The number of hydrogen-bond donors (Lipinski definition) is 2. The first-order chi connectivity index (χ1) is 13.8. The fourth-order valence-electron chi connectivity index (χ4n) is 2.78. The van der Waals surface area contributed by atoms with E-state index in [4.69, 9.17) is 5.73 Å². The van der Waals surface area contributed by atoms with E-state index in [-0.39, 0.29) is 12.3 Å². The van der Waals surface area contributed by atoms with Crippen LogP contribution in [0.15, 0.2) is 35.4 Å². The highest BCUT2D eigenvalue weighted by atomic mass is 19.4. The third kappa shape index (κ3) is 3.37. The molecule has 2 heterocycles. The lowest BCUT2D eigenvalue weighted by Crippen LogP contribution is -2.34. The fourth-order valence-corrected chi connectivity index (χ4v) is 2.78. The molecule has 0 unspecified atom stereocenters. The average Bonchev–Trinajstić information content (AvgIpc) is 3.30. The SMILES string of the molecule is NC(=O)c1ccc(C(F)(F)C(F)(F)F)c(-c2[nH]ncc2C(F)(F)F)c1-c1cocn1. The van der Waals surface area contributed by atoms with Crippen molar-refractivity contribution in [3.8, 4) is 22.5 Å². The highest BCUT2D eigenvalue weighted by Gasteiger charge is 2.60. The lowest BCUT2D eigenvalue weighted by Gasteiger charge is -2.25. The minimum Gasteiger partial charge on any atom is -0.451 e. The molecule has 0 atom stereocenters. The number of nitrogens with two attached hydrogens (primary N) is 1. The maximum absolute atomic E-state index is 14.3. The molecular weight excluding hydrogens is 432 g/mol. The molecule has 3 aromatic rings. The number of aromatic amines is 1. The topological polar surface area (TPSA) is 97.8 Å². The van der Waals surface area contributed by atoms with E-state index < -0.39 is 63.4 Å². The molecule has 14 heteroatoms. The molecule has 30 heavy (non-hydrogen) atoms. The molecule has 3 N–H and O–H groups in total. The minimum absolute atomic E-state index is 0.174. The molecule has 0 saturated carbocycles. The molecule has 6 nitrogen and oxygen atoms in total. The summed E-state index contributed by atoms with van der Waals surface area (Å²) >= 11 is 0. The quantitative estimate of drug-likeness (QED) is 0.584. The second-order valence-electron chi connectivity index (χ2n) is 5.88. The number of aromatic nitrogens is 3. The fraction of sp³-hybridized carbons (Fsp3) is 0.188. The van der Waals surface area contributed by atoms with Gasteiger partial charge in [-0.15, -0.1) is 0 Å². The number of primary amides is 1. The number of rotatable bonds is 4. The summed E-state index contributed by atoms with van der Waals surface area (Å²) in [5, 5.41) is 4.90. The summed E-state index contributed by atoms with van der Waals surface area (Å²) in [5.74, 6) is -6.92. The highest BCUT2D eigenvalue weighted by molar-refractivity contribution is 6.04. The van der Waals surface area contributed by atoms with Gasteiger partial charge in [-0.3, -0.25) is 9.89 Å². The maximum Gasteiger partial charge on any atom is 0.458 e. The van der Waals surface area contributed by atoms with Crippen LogP contribution in [0.5, 0.6) is 0 Å². The van der Waals surface area contributed by atoms with E-state index in [0.29, 0.717) is 6.07 Å². The van der Waals surface area contributed by atoms with Crippen LogP contribution in [0, 0.1) is 0 Å². The molecule has 0 radical (unpaired) electrons. The number of benzene rings is 1. The minimum atomic E-state index is -6.17. The predicted molar refractivity (Wildman–Crippen MR) is 83.0 cm³/mol. The first-order valence-corrected chi connectivity index (χ1v) is 7.68. The summed E-state index contributed by atoms with van der Waals surface area (Å²) in [7, 11) is 0. The van der Waals surface area contributed by atoms with Crippen LogP contribution >= 0.6 is 0 Å². The number of oxazole rings is 1. The normalized spacial score (nSPS) is 12.9. The molecular formula is C16H8F8N4O2. The van der Waals surface area contributed by atoms with Crippen LogP contribution in [0.4, 0.5) is 35.1 Å². The summed E-state index contributed by atoms with van der Waals surface area (Å²) in [6.07, 6.45) is -9.68. The van der Waals surface area contributed by atoms with Crippen molar-refractivity contribution in [2.45, 2.75) is 18.3 Å². The van der Waals surface area contributed by atoms with Gasteiger partial charge in [-0.05, 0) is 6.07 Å². The third-order valence-corrected chi connectivity index (χ3v) is 4.05. The molecule has 1 amide bonds. The molecule has 1 aromatic carbocycles. The van der Waals surface area contributed by atoms with Crippen molar-refractivity contribution in [1.82, 2.24) is 15.2 Å². The molecule has 3 rings (SSSR count). The zero-order valence-electron chi connectivity index (χ0n) is 14.2. The Balaban J connectivity index is 2.53. The number of carbonyl (C=O) groups excluding carboxylic acids is 1. The zero-order valence-corrected chi connectivity index (χ0v) is 14.2. The molecule has 0 bridgehead atoms. The number of alkyl halides is 8. The standard InChI is InChI=1S/C16H8F8N4O2/c17-14(18,16(22,23)24)7-2-1-6(13(25)29)10(9-4-30-5-26-9)11(7)12-8(3-27-28-12)15(19,20)21/h1-5H,(H2,25,29)(H,27,28). The van der Waals surface area contributed by atoms with Gasteiger partial charge in [0, 0.05) is 22.3 Å². The van der Waals surface area contributed by atoms with Gasteiger partial charge in [-0.25, -0.2) is 4.98 Å². The van der Waals surface area contributed by atoms with Gasteiger partial charge in [0.05, 0.1) is 11.9 Å². The molecule has 0 saturated heterocycles. The predicted octanol–water partition coefficient (Wildman–Crippen LogP) is 4.50. The van der Waals surface area contributed by atoms with Crippen molar-refractivity contribution in [2.75, 3.05) is 0 Å². The smallest absolute Gasteiger partial charge is 0.451 e. The van der Waals surface area contributed by atoms with Gasteiger partial charge in [-0.1, -0.05) is 6.07 Å². The van der Waals surface area contributed by atoms with E-state index in [0.717, 1.165) is 12.7 Å². The number of nitrogens with zero attached hydrogens (tertiary/aromatic N) is 2. The zero-order chi connectivity index (χ0) is 22.5. The lowest BCUT2D eigenvalue weighted by molar-refractivity contribution is -0.289. The van der Waals surface area contributed by atoms with Crippen LogP contribution < -0.4 is 5.73 Å². The van der Waals surface area contributed by atoms with Crippen molar-refractivity contribution in [2.24, 2.45) is 5.73 Å². The summed E-state index contributed by atoms with van der Waals surface area (Å²) < 4.78 is 113. The van der Waals surface area contributed by atoms with Crippen LogP contribution in [-0.2, 0) is 12.1 Å². The number of hydrogen-bond acceptors (Lipinski definition) is 4.